The number of hydrogen-bond acceptors (Lipinski definition) is 6. The van der Waals surface area contributed by atoms with Gasteiger partial charge in [-0.1, -0.05) is 5.16 Å². The van der Waals surface area contributed by atoms with Crippen LogP contribution in [0.5, 0.6) is 5.75 Å². The molecule has 1 saturated heterocycles. The van der Waals surface area contributed by atoms with Gasteiger partial charge in [0.25, 0.3) is 5.89 Å². The molecule has 0 bridgehead atoms. The summed E-state index contributed by atoms with van der Waals surface area (Å²) in [7, 11) is 0. The summed E-state index contributed by atoms with van der Waals surface area (Å²) < 4.78 is 17.1. The second-order valence-electron chi connectivity index (χ2n) is 6.56. The van der Waals surface area contributed by atoms with E-state index in [1.54, 1.807) is 0 Å². The van der Waals surface area contributed by atoms with Crippen LogP contribution in [0.25, 0.3) is 11.0 Å². The van der Waals surface area contributed by atoms with Crippen molar-refractivity contribution in [2.45, 2.75) is 38.2 Å². The van der Waals surface area contributed by atoms with Crippen LogP contribution in [-0.4, -0.2) is 23.2 Å². The van der Waals surface area contributed by atoms with Gasteiger partial charge in [0.2, 0.25) is 0 Å². The average Bonchev–Trinajstić information content (AvgIpc) is 3.15. The van der Waals surface area contributed by atoms with Crippen molar-refractivity contribution in [2.75, 3.05) is 13.1 Å². The molecule has 6 heteroatoms. The van der Waals surface area contributed by atoms with E-state index in [2.05, 4.69) is 21.5 Å². The molecule has 2 aliphatic rings. The minimum atomic E-state index is 0.290. The van der Waals surface area contributed by atoms with Gasteiger partial charge in [0.15, 0.2) is 12.4 Å². The second kappa shape index (κ2) is 5.63. The fraction of sp³-hybridized carbons (Fsp3) is 0.444. The fourth-order valence-electron chi connectivity index (χ4n) is 3.44. The van der Waals surface area contributed by atoms with Crippen molar-refractivity contribution in [1.82, 2.24) is 15.5 Å². The van der Waals surface area contributed by atoms with Crippen molar-refractivity contribution in [2.24, 2.45) is 0 Å². The van der Waals surface area contributed by atoms with Gasteiger partial charge < -0.3 is 19.0 Å². The summed E-state index contributed by atoms with van der Waals surface area (Å²) in [5, 5.41) is 8.41. The van der Waals surface area contributed by atoms with Crippen LogP contribution in [-0.2, 0) is 19.4 Å². The molecule has 2 aromatic heterocycles. The highest BCUT2D eigenvalue weighted by Crippen LogP contribution is 2.34. The lowest BCUT2D eigenvalue weighted by atomic mass is 9.96. The Morgan fingerprint density at radius 1 is 1.21 bits per heavy atom. The van der Waals surface area contributed by atoms with Gasteiger partial charge in [0.1, 0.15) is 17.1 Å². The van der Waals surface area contributed by atoms with Gasteiger partial charge in [-0.25, -0.2) is 0 Å². The van der Waals surface area contributed by atoms with Gasteiger partial charge in [-0.3, -0.25) is 0 Å². The normalized spacial score (nSPS) is 17.7. The maximum Gasteiger partial charge on any atom is 0.264 e. The molecule has 3 heterocycles. The van der Waals surface area contributed by atoms with Crippen LogP contribution in [0, 0.1) is 0 Å². The molecule has 1 aromatic carbocycles. The van der Waals surface area contributed by atoms with E-state index in [0.29, 0.717) is 18.4 Å². The fourth-order valence-corrected chi connectivity index (χ4v) is 3.44. The predicted octanol–water partition coefficient (Wildman–Crippen LogP) is 2.96. The Kier molecular flexibility index (Phi) is 3.29. The zero-order valence-electron chi connectivity index (χ0n) is 13.4. The molecule has 1 fully saturated rings. The smallest absolute Gasteiger partial charge is 0.264 e. The minimum absolute atomic E-state index is 0.290. The highest BCUT2D eigenvalue weighted by atomic mass is 16.5. The van der Waals surface area contributed by atoms with E-state index in [4.69, 9.17) is 13.7 Å². The summed E-state index contributed by atoms with van der Waals surface area (Å²) in [4.78, 5) is 4.41. The first-order valence-electron chi connectivity index (χ1n) is 8.57. The van der Waals surface area contributed by atoms with Gasteiger partial charge in [0, 0.05) is 36.4 Å². The van der Waals surface area contributed by atoms with E-state index in [1.807, 2.05) is 12.1 Å². The topological polar surface area (TPSA) is 73.3 Å². The van der Waals surface area contributed by atoms with Crippen LogP contribution in [0.15, 0.2) is 27.1 Å². The van der Waals surface area contributed by atoms with Crippen LogP contribution in [0.1, 0.15) is 41.8 Å². The van der Waals surface area contributed by atoms with Crippen molar-refractivity contribution in [3.05, 3.63) is 41.2 Å². The van der Waals surface area contributed by atoms with E-state index in [-0.39, 0.29) is 0 Å². The number of aromatic nitrogens is 2. The molecule has 5 rings (SSSR count). The SMILES string of the molecule is c1cc2oc3c(c2cc1OCc1nc(C2CNC2)no1)CCCC3. The Labute approximate surface area is 139 Å². The number of nitrogens with zero attached hydrogens (tertiary/aromatic N) is 2. The third kappa shape index (κ3) is 2.38. The molecule has 1 aliphatic carbocycles. The van der Waals surface area contributed by atoms with Crippen LogP contribution >= 0.6 is 0 Å². The minimum Gasteiger partial charge on any atom is -0.484 e. The number of rotatable bonds is 4. The molecule has 124 valence electrons. The summed E-state index contributed by atoms with van der Waals surface area (Å²) >= 11 is 0. The number of hydrogen-bond donors (Lipinski definition) is 1. The van der Waals surface area contributed by atoms with Crippen LogP contribution in [0.2, 0.25) is 0 Å². The Bertz CT molecular complexity index is 879. The Morgan fingerprint density at radius 2 is 2.12 bits per heavy atom. The molecule has 0 saturated carbocycles. The quantitative estimate of drug-likeness (QED) is 0.795. The van der Waals surface area contributed by atoms with E-state index >= 15 is 0 Å². The molecule has 3 aromatic rings. The lowest BCUT2D eigenvalue weighted by Crippen LogP contribution is -2.40. The molecule has 0 radical (unpaired) electrons. The molecule has 1 N–H and O–H groups in total. The van der Waals surface area contributed by atoms with E-state index in [1.165, 1.54) is 23.8 Å². The number of fused-ring (bicyclic) bond motifs is 3. The van der Waals surface area contributed by atoms with Crippen molar-refractivity contribution < 1.29 is 13.7 Å². The molecule has 0 unspecified atom stereocenters. The number of nitrogens with one attached hydrogen (secondary N) is 1. The summed E-state index contributed by atoms with van der Waals surface area (Å²) in [6.07, 6.45) is 4.58. The zero-order chi connectivity index (χ0) is 15.9. The summed E-state index contributed by atoms with van der Waals surface area (Å²) in [6, 6.07) is 5.99. The Morgan fingerprint density at radius 3 is 3.00 bits per heavy atom. The molecule has 6 nitrogen and oxygen atoms in total. The van der Waals surface area contributed by atoms with Gasteiger partial charge in [-0.15, -0.1) is 0 Å². The molecule has 0 amide bonds. The van der Waals surface area contributed by atoms with E-state index < -0.39 is 0 Å². The third-order valence-electron chi connectivity index (χ3n) is 4.92. The first kappa shape index (κ1) is 14.0. The van der Waals surface area contributed by atoms with Crippen LogP contribution in [0.4, 0.5) is 0 Å². The first-order chi connectivity index (χ1) is 11.9. The molecule has 0 spiro atoms. The van der Waals surface area contributed by atoms with Crippen LogP contribution < -0.4 is 10.1 Å². The van der Waals surface area contributed by atoms with Crippen molar-refractivity contribution in [1.29, 1.82) is 0 Å². The van der Waals surface area contributed by atoms with Gasteiger partial charge >= 0.3 is 0 Å². The van der Waals surface area contributed by atoms with E-state index in [9.17, 15) is 0 Å². The lowest BCUT2D eigenvalue weighted by molar-refractivity contribution is 0.242. The van der Waals surface area contributed by atoms with Gasteiger partial charge in [-0.2, -0.15) is 4.98 Å². The van der Waals surface area contributed by atoms with Crippen molar-refractivity contribution in [3.8, 4) is 5.75 Å². The maximum atomic E-state index is 5.95. The van der Waals surface area contributed by atoms with E-state index in [0.717, 1.165) is 48.8 Å². The highest BCUT2D eigenvalue weighted by Gasteiger charge is 2.24. The number of ether oxygens (including phenoxy) is 1. The average molecular weight is 325 g/mol. The molecule has 24 heavy (non-hydrogen) atoms. The monoisotopic (exact) mass is 325 g/mol. The number of furan rings is 1. The number of aryl methyl sites for hydroxylation is 2. The molecular formula is C18H19N3O3. The standard InChI is InChI=1S/C18H19N3O3/c1-2-4-15-13(3-1)14-7-12(5-6-16(14)23-15)22-10-17-20-18(21-24-17)11-8-19-9-11/h5-7,11,19H,1-4,8-10H2. The highest BCUT2D eigenvalue weighted by molar-refractivity contribution is 5.84. The zero-order valence-corrected chi connectivity index (χ0v) is 13.4. The maximum absolute atomic E-state index is 5.95. The predicted molar refractivity (Wildman–Crippen MR) is 87.1 cm³/mol. The lowest BCUT2D eigenvalue weighted by Gasteiger charge is -2.23. The Hall–Kier alpha value is -2.34. The Balaban J connectivity index is 1.34. The van der Waals surface area contributed by atoms with Crippen LogP contribution in [0.3, 0.4) is 0 Å². The number of benzene rings is 1. The summed E-state index contributed by atoms with van der Waals surface area (Å²) in [5.41, 5.74) is 2.30. The second-order valence-corrected chi connectivity index (χ2v) is 6.56. The molecule has 0 atom stereocenters. The van der Waals surface area contributed by atoms with Crippen molar-refractivity contribution >= 4 is 11.0 Å². The third-order valence-corrected chi connectivity index (χ3v) is 4.92. The van der Waals surface area contributed by atoms with Gasteiger partial charge in [-0.05, 0) is 37.5 Å². The molecular weight excluding hydrogens is 306 g/mol. The summed E-state index contributed by atoms with van der Waals surface area (Å²) in [5.74, 6) is 3.61. The molecule has 1 aliphatic heterocycles. The van der Waals surface area contributed by atoms with Gasteiger partial charge in [0.05, 0.1) is 0 Å². The first-order valence-corrected chi connectivity index (χ1v) is 8.57. The van der Waals surface area contributed by atoms with Crippen molar-refractivity contribution in [3.63, 3.8) is 0 Å². The summed E-state index contributed by atoms with van der Waals surface area (Å²) in [6.45, 7) is 2.13. The largest absolute Gasteiger partial charge is 0.484 e.